The van der Waals surface area contributed by atoms with E-state index in [1.54, 1.807) is 42.5 Å². The van der Waals surface area contributed by atoms with Crippen molar-refractivity contribution in [1.82, 2.24) is 0 Å². The number of esters is 1. The average molecular weight is 473 g/mol. The Bertz CT molecular complexity index is 972. The second-order valence-corrected chi connectivity index (χ2v) is 8.18. The molecule has 0 aliphatic rings. The lowest BCUT2D eigenvalue weighted by Crippen LogP contribution is -2.30. The highest BCUT2D eigenvalue weighted by atomic mass is 32.1. The van der Waals surface area contributed by atoms with Crippen LogP contribution in [0.5, 0.6) is 5.75 Å². The van der Waals surface area contributed by atoms with Gasteiger partial charge in [-0.05, 0) is 48.4 Å². The van der Waals surface area contributed by atoms with E-state index in [-0.39, 0.29) is 25.6 Å². The van der Waals surface area contributed by atoms with Crippen molar-refractivity contribution in [2.75, 3.05) is 30.9 Å². The molecule has 33 heavy (non-hydrogen) atoms. The summed E-state index contributed by atoms with van der Waals surface area (Å²) in [6.45, 7) is 3.96. The number of hydrogen-bond donors (Lipinski definition) is 3. The summed E-state index contributed by atoms with van der Waals surface area (Å²) < 4.78 is 16.5. The highest BCUT2D eigenvalue weighted by Crippen LogP contribution is 2.40. The third kappa shape index (κ3) is 8.33. The number of ether oxygens (including phenoxy) is 3. The number of anilines is 1. The molecule has 0 fully saturated rings. The monoisotopic (exact) mass is 472 g/mol. The summed E-state index contributed by atoms with van der Waals surface area (Å²) >= 11 is 3.90. The lowest BCUT2D eigenvalue weighted by Gasteiger charge is -2.34. The maximum Gasteiger partial charge on any atom is 0.412 e. The first-order valence-corrected chi connectivity index (χ1v) is 11.0. The summed E-state index contributed by atoms with van der Waals surface area (Å²) in [4.78, 5) is 24.2. The quantitative estimate of drug-likeness (QED) is 0.333. The van der Waals surface area contributed by atoms with Crippen molar-refractivity contribution >= 4 is 30.4 Å². The summed E-state index contributed by atoms with van der Waals surface area (Å²) in [6, 6.07) is 15.5. The molecular weight excluding hydrogens is 444 g/mol. The molecule has 0 saturated carbocycles. The van der Waals surface area contributed by atoms with Crippen molar-refractivity contribution in [3.63, 3.8) is 0 Å². The molecule has 1 amide bonds. The van der Waals surface area contributed by atoms with Gasteiger partial charge in [0.15, 0.2) is 0 Å². The Morgan fingerprint density at radius 3 is 2.55 bits per heavy atom. The van der Waals surface area contributed by atoms with E-state index in [2.05, 4.69) is 17.9 Å². The largest absolute Gasteiger partial charge is 0.491 e. The van der Waals surface area contributed by atoms with Crippen LogP contribution in [-0.2, 0) is 14.3 Å². The number of amides is 1. The van der Waals surface area contributed by atoms with Crippen LogP contribution in [0, 0.1) is 16.7 Å². The van der Waals surface area contributed by atoms with Gasteiger partial charge in [-0.1, -0.05) is 26.0 Å². The molecule has 0 heterocycles. The van der Waals surface area contributed by atoms with E-state index in [4.69, 9.17) is 24.6 Å². The second-order valence-electron chi connectivity index (χ2n) is 7.86. The van der Waals surface area contributed by atoms with Gasteiger partial charge in [-0.25, -0.2) is 4.79 Å². The van der Waals surface area contributed by atoms with Gasteiger partial charge in [-0.3, -0.25) is 10.1 Å². The molecule has 0 radical (unpaired) electrons. The van der Waals surface area contributed by atoms with Gasteiger partial charge in [0, 0.05) is 11.1 Å². The molecule has 2 rings (SSSR count). The lowest BCUT2D eigenvalue weighted by molar-refractivity contribution is -0.141. The number of carbonyl (C=O) groups is 2. The average Bonchev–Trinajstić information content (AvgIpc) is 2.81. The highest BCUT2D eigenvalue weighted by molar-refractivity contribution is 7.81. The first-order chi connectivity index (χ1) is 15.8. The molecule has 9 heteroatoms. The minimum absolute atomic E-state index is 0.0163. The minimum atomic E-state index is -0.705. The van der Waals surface area contributed by atoms with Gasteiger partial charge < -0.3 is 19.3 Å². The van der Waals surface area contributed by atoms with E-state index < -0.39 is 23.6 Å². The fourth-order valence-corrected chi connectivity index (χ4v) is 3.19. The topological polar surface area (TPSA) is 118 Å². The van der Waals surface area contributed by atoms with Crippen LogP contribution in [0.2, 0.25) is 0 Å². The normalized spacial score (nSPS) is 11.7. The number of rotatable bonds is 11. The lowest BCUT2D eigenvalue weighted by atomic mass is 9.80. The first kappa shape index (κ1) is 26.0. The Labute approximate surface area is 198 Å². The Morgan fingerprint density at radius 2 is 1.91 bits per heavy atom. The molecule has 0 aliphatic heterocycles. The van der Waals surface area contributed by atoms with E-state index >= 15 is 0 Å². The molecule has 176 valence electrons. The maximum absolute atomic E-state index is 12.7. The molecular formula is C24H28N2O6S. The molecule has 0 bridgehead atoms. The van der Waals surface area contributed by atoms with Gasteiger partial charge in [0.25, 0.3) is 0 Å². The van der Waals surface area contributed by atoms with Crippen LogP contribution in [0.1, 0.15) is 37.5 Å². The predicted molar refractivity (Wildman–Crippen MR) is 126 cm³/mol. The summed E-state index contributed by atoms with van der Waals surface area (Å²) in [5, 5.41) is 20.6. The smallest absolute Gasteiger partial charge is 0.412 e. The zero-order valence-corrected chi connectivity index (χ0v) is 19.5. The fourth-order valence-electron chi connectivity index (χ4n) is 3.10. The Morgan fingerprint density at radius 1 is 1.18 bits per heavy atom. The number of hydrogen-bond acceptors (Lipinski definition) is 8. The number of nitrogens with one attached hydrogen (secondary N) is 1. The van der Waals surface area contributed by atoms with Crippen LogP contribution in [0.3, 0.4) is 0 Å². The third-order valence-corrected chi connectivity index (χ3v) is 5.11. The van der Waals surface area contributed by atoms with Crippen LogP contribution in [0.25, 0.3) is 0 Å². The van der Waals surface area contributed by atoms with Crippen molar-refractivity contribution in [3.05, 3.63) is 59.7 Å². The van der Waals surface area contributed by atoms with Crippen molar-refractivity contribution < 1.29 is 28.9 Å². The van der Waals surface area contributed by atoms with Crippen molar-refractivity contribution in [3.8, 4) is 11.8 Å². The Hall–Kier alpha value is -3.22. The molecule has 1 atom stereocenters. The number of carbonyl (C=O) groups excluding carboxylic acids is 2. The molecule has 2 N–H and O–H groups in total. The SMILES string of the molecule is CC(C)(CCOC(=O)CS)[C@@H](OC(=O)Nc1ccc(C#N)cc1)c1cccc(OCCO)c1. The maximum atomic E-state index is 12.7. The standard InChI is InChI=1S/C24H28N2O6S/c1-24(2,10-12-31-21(28)16-33)22(18-4-3-5-20(14-18)30-13-11-27)32-23(29)26-19-8-6-17(15-25)7-9-19/h3-9,14,22,27,33H,10-13,16H2,1-2H3,(H,26,29)/t22-/m0/s1. The highest BCUT2D eigenvalue weighted by Gasteiger charge is 2.35. The molecule has 0 saturated heterocycles. The van der Waals surface area contributed by atoms with Crippen LogP contribution < -0.4 is 10.1 Å². The van der Waals surface area contributed by atoms with Crippen LogP contribution >= 0.6 is 12.6 Å². The minimum Gasteiger partial charge on any atom is -0.491 e. The van der Waals surface area contributed by atoms with Crippen LogP contribution in [-0.4, -0.2) is 42.7 Å². The number of nitrogens with zero attached hydrogens (tertiary/aromatic N) is 1. The van der Waals surface area contributed by atoms with E-state index in [0.29, 0.717) is 29.0 Å². The van der Waals surface area contributed by atoms with Crippen molar-refractivity contribution in [1.29, 1.82) is 5.26 Å². The summed E-state index contributed by atoms with van der Waals surface area (Å²) in [5.74, 6) is 0.0851. The Balaban J connectivity index is 2.22. The molecule has 2 aromatic carbocycles. The number of nitriles is 1. The van der Waals surface area contributed by atoms with Gasteiger partial charge in [-0.2, -0.15) is 17.9 Å². The van der Waals surface area contributed by atoms with Gasteiger partial charge in [-0.15, -0.1) is 0 Å². The molecule has 0 spiro atoms. The van der Waals surface area contributed by atoms with Gasteiger partial charge in [0.1, 0.15) is 18.5 Å². The summed E-state index contributed by atoms with van der Waals surface area (Å²) in [7, 11) is 0. The van der Waals surface area contributed by atoms with E-state index in [1.165, 1.54) is 0 Å². The molecule has 0 unspecified atom stereocenters. The Kier molecular flexibility index (Phi) is 10.0. The molecule has 0 aliphatic carbocycles. The van der Waals surface area contributed by atoms with Crippen LogP contribution in [0.15, 0.2) is 48.5 Å². The number of thiol groups is 1. The van der Waals surface area contributed by atoms with Crippen LogP contribution in [0.4, 0.5) is 10.5 Å². The molecule has 2 aromatic rings. The second kappa shape index (κ2) is 12.7. The summed E-state index contributed by atoms with van der Waals surface area (Å²) in [6.07, 6.45) is -0.960. The van der Waals surface area contributed by atoms with Gasteiger partial charge >= 0.3 is 12.1 Å². The first-order valence-electron chi connectivity index (χ1n) is 10.4. The van der Waals surface area contributed by atoms with E-state index in [9.17, 15) is 9.59 Å². The zero-order valence-electron chi connectivity index (χ0n) is 18.6. The van der Waals surface area contributed by atoms with Gasteiger partial charge in [0.05, 0.1) is 30.6 Å². The number of aliphatic hydroxyl groups is 1. The molecule has 8 nitrogen and oxygen atoms in total. The number of benzene rings is 2. The van der Waals surface area contributed by atoms with Crippen molar-refractivity contribution in [2.45, 2.75) is 26.4 Å². The summed E-state index contributed by atoms with van der Waals surface area (Å²) in [5.41, 5.74) is 1.03. The van der Waals surface area contributed by atoms with Gasteiger partial charge in [0.2, 0.25) is 0 Å². The third-order valence-electron chi connectivity index (χ3n) is 4.85. The van der Waals surface area contributed by atoms with Crippen molar-refractivity contribution in [2.24, 2.45) is 5.41 Å². The fraction of sp³-hybridized carbons (Fsp3) is 0.375. The zero-order chi connectivity index (χ0) is 24.3. The number of aliphatic hydroxyl groups excluding tert-OH is 1. The molecule has 0 aromatic heterocycles. The van der Waals surface area contributed by atoms with E-state index in [1.807, 2.05) is 26.0 Å². The van der Waals surface area contributed by atoms with E-state index in [0.717, 1.165) is 0 Å². The predicted octanol–water partition coefficient (Wildman–Crippen LogP) is 4.11.